The lowest BCUT2D eigenvalue weighted by molar-refractivity contribution is -0.189. The van der Waals surface area contributed by atoms with E-state index in [9.17, 15) is 71.5 Å². The first-order valence-electron chi connectivity index (χ1n) is 9.02. The molecule has 0 saturated heterocycles. The molecular weight excluding hydrogens is 589 g/mol. The smallest absolute Gasteiger partial charge is 0.419 e. The van der Waals surface area contributed by atoms with E-state index in [1.54, 1.807) is 0 Å². The summed E-state index contributed by atoms with van der Waals surface area (Å²) in [5, 5.41) is -1.81. The average molecular weight is 594 g/mol. The number of anilines is 1. The van der Waals surface area contributed by atoms with E-state index in [1.807, 2.05) is 0 Å². The van der Waals surface area contributed by atoms with E-state index in [0.29, 0.717) is 0 Å². The van der Waals surface area contributed by atoms with Gasteiger partial charge in [0.15, 0.2) is 23.3 Å². The molecular formula is C19H5ClF13NO4. The van der Waals surface area contributed by atoms with Gasteiger partial charge in [-0.05, 0) is 29.8 Å². The van der Waals surface area contributed by atoms with Gasteiger partial charge in [0.2, 0.25) is 0 Å². The second-order valence-corrected chi connectivity index (χ2v) is 7.18. The highest BCUT2D eigenvalue weighted by Gasteiger charge is 2.46. The number of ether oxygens (including phenoxy) is 1. The molecule has 0 aliphatic heterocycles. The predicted octanol–water partition coefficient (Wildman–Crippen LogP) is 6.20. The van der Waals surface area contributed by atoms with Crippen molar-refractivity contribution in [3.05, 3.63) is 58.2 Å². The van der Waals surface area contributed by atoms with Crippen LogP contribution in [0, 0.1) is 23.3 Å². The number of halogens is 14. The summed E-state index contributed by atoms with van der Waals surface area (Å²) in [7, 11) is 0. The fourth-order valence-corrected chi connectivity index (χ4v) is 2.89. The molecule has 0 unspecified atom stereocenters. The van der Waals surface area contributed by atoms with Gasteiger partial charge in [-0.1, -0.05) is 0 Å². The Balaban J connectivity index is 2.73. The second-order valence-electron chi connectivity index (χ2n) is 6.84. The SMILES string of the molecule is O=C(Cl)c1cc(N(Cc2c(F)c(F)c(C(F)(F)F)c(F)c2F)C(=O)C(F)(F)F)ccc1OC(=O)C(F)(F)F. The van der Waals surface area contributed by atoms with Gasteiger partial charge in [-0.3, -0.25) is 14.5 Å². The highest BCUT2D eigenvalue weighted by Crippen LogP contribution is 2.38. The summed E-state index contributed by atoms with van der Waals surface area (Å²) >= 11 is 5.10. The summed E-state index contributed by atoms with van der Waals surface area (Å²) in [5.41, 5.74) is -7.83. The van der Waals surface area contributed by atoms with Gasteiger partial charge in [0.25, 0.3) is 5.24 Å². The molecule has 0 N–H and O–H groups in total. The predicted molar refractivity (Wildman–Crippen MR) is 96.8 cm³/mol. The molecule has 208 valence electrons. The van der Waals surface area contributed by atoms with Crippen molar-refractivity contribution in [3.63, 3.8) is 0 Å². The summed E-state index contributed by atoms with van der Waals surface area (Å²) in [5.74, 6) is -19.2. The molecule has 0 fully saturated rings. The lowest BCUT2D eigenvalue weighted by Crippen LogP contribution is -2.41. The van der Waals surface area contributed by atoms with Crippen LogP contribution in [-0.2, 0) is 22.3 Å². The zero-order chi connectivity index (χ0) is 29.5. The molecule has 0 aromatic heterocycles. The van der Waals surface area contributed by atoms with Crippen LogP contribution in [0.5, 0.6) is 5.75 Å². The van der Waals surface area contributed by atoms with E-state index < -0.39 is 98.5 Å². The van der Waals surface area contributed by atoms with E-state index in [-0.39, 0.29) is 18.2 Å². The van der Waals surface area contributed by atoms with Crippen molar-refractivity contribution in [2.45, 2.75) is 25.1 Å². The Hall–Kier alpha value is -3.57. The third-order valence-corrected chi connectivity index (χ3v) is 4.57. The maximum absolute atomic E-state index is 14.3. The van der Waals surface area contributed by atoms with Gasteiger partial charge in [0.1, 0.15) is 11.3 Å². The highest BCUT2D eigenvalue weighted by atomic mass is 35.5. The van der Waals surface area contributed by atoms with Crippen molar-refractivity contribution in [3.8, 4) is 5.75 Å². The number of carbonyl (C=O) groups is 3. The zero-order valence-corrected chi connectivity index (χ0v) is 18.1. The number of hydrogen-bond acceptors (Lipinski definition) is 4. The topological polar surface area (TPSA) is 63.7 Å². The summed E-state index contributed by atoms with van der Waals surface area (Å²) in [6.07, 6.45) is -17.6. The Morgan fingerprint density at radius 3 is 1.68 bits per heavy atom. The van der Waals surface area contributed by atoms with Crippen LogP contribution in [0.3, 0.4) is 0 Å². The third-order valence-electron chi connectivity index (χ3n) is 4.36. The van der Waals surface area contributed by atoms with E-state index in [0.717, 1.165) is 0 Å². The van der Waals surface area contributed by atoms with Crippen LogP contribution < -0.4 is 9.64 Å². The highest BCUT2D eigenvalue weighted by molar-refractivity contribution is 6.68. The van der Waals surface area contributed by atoms with Crippen molar-refractivity contribution in [2.24, 2.45) is 0 Å². The Kier molecular flexibility index (Phi) is 8.31. The molecule has 1 amide bonds. The first kappa shape index (κ1) is 30.7. The summed E-state index contributed by atoms with van der Waals surface area (Å²) < 4.78 is 175. The molecule has 19 heteroatoms. The average Bonchev–Trinajstić information content (AvgIpc) is 2.75. The Bertz CT molecular complexity index is 1270. The standard InChI is InChI=1S/C19H5ClF13NO4/c20-14(35)6-3-5(1-2-8(6)38-16(37)19(31,32)33)34(15(36)18(28,29)30)4-7-10(21)12(23)9(17(25,26)27)13(24)11(7)22/h1-3H,4H2. The van der Waals surface area contributed by atoms with E-state index in [1.165, 1.54) is 0 Å². The van der Waals surface area contributed by atoms with Crippen LogP contribution in [0.25, 0.3) is 0 Å². The number of esters is 1. The fraction of sp³-hybridized carbons (Fsp3) is 0.211. The molecule has 0 saturated carbocycles. The normalized spacial score (nSPS) is 12.4. The molecule has 2 aromatic rings. The second kappa shape index (κ2) is 10.3. The molecule has 38 heavy (non-hydrogen) atoms. The van der Waals surface area contributed by atoms with E-state index >= 15 is 0 Å². The van der Waals surface area contributed by atoms with Crippen LogP contribution >= 0.6 is 11.6 Å². The van der Waals surface area contributed by atoms with Crippen molar-refractivity contribution in [2.75, 3.05) is 4.90 Å². The number of hydrogen-bond donors (Lipinski definition) is 0. The van der Waals surface area contributed by atoms with Gasteiger partial charge in [0.05, 0.1) is 12.1 Å². The van der Waals surface area contributed by atoms with Crippen molar-refractivity contribution in [1.82, 2.24) is 0 Å². The summed E-state index contributed by atoms with van der Waals surface area (Å²) in [4.78, 5) is 33.7. The number of amides is 1. The molecule has 0 atom stereocenters. The molecule has 5 nitrogen and oxygen atoms in total. The van der Waals surface area contributed by atoms with Crippen LogP contribution in [0.2, 0.25) is 0 Å². The maximum Gasteiger partial charge on any atom is 0.491 e. The molecule has 0 bridgehead atoms. The van der Waals surface area contributed by atoms with E-state index in [4.69, 9.17) is 11.6 Å². The monoisotopic (exact) mass is 593 g/mol. The number of alkyl halides is 9. The van der Waals surface area contributed by atoms with Gasteiger partial charge < -0.3 is 4.74 Å². The molecule has 2 aromatic carbocycles. The Labute approximate surface area is 205 Å². The molecule has 2 rings (SSSR count). The first-order valence-corrected chi connectivity index (χ1v) is 9.40. The van der Waals surface area contributed by atoms with Crippen molar-refractivity contribution < 1.29 is 76.2 Å². The van der Waals surface area contributed by atoms with Gasteiger partial charge in [-0.2, -0.15) is 39.5 Å². The minimum absolute atomic E-state index is 0.0601. The minimum Gasteiger partial charge on any atom is -0.419 e. The van der Waals surface area contributed by atoms with Crippen LogP contribution in [0.4, 0.5) is 62.8 Å². The van der Waals surface area contributed by atoms with Gasteiger partial charge in [-0.15, -0.1) is 0 Å². The lowest BCUT2D eigenvalue weighted by atomic mass is 10.1. The van der Waals surface area contributed by atoms with Crippen LogP contribution in [-0.4, -0.2) is 29.5 Å². The fourth-order valence-electron chi connectivity index (χ4n) is 2.74. The van der Waals surface area contributed by atoms with Gasteiger partial charge in [0, 0.05) is 11.3 Å². The number of nitrogens with zero attached hydrogens (tertiary/aromatic N) is 1. The molecule has 0 aliphatic rings. The minimum atomic E-state index is -6.00. The quantitative estimate of drug-likeness (QED) is 0.136. The van der Waals surface area contributed by atoms with Crippen LogP contribution in [0.15, 0.2) is 18.2 Å². The molecule has 0 radical (unpaired) electrons. The van der Waals surface area contributed by atoms with Gasteiger partial charge in [-0.25, -0.2) is 22.4 Å². The number of rotatable bonds is 5. The maximum atomic E-state index is 14.3. The molecule has 0 aliphatic carbocycles. The van der Waals surface area contributed by atoms with Crippen molar-refractivity contribution in [1.29, 1.82) is 0 Å². The molecule has 0 spiro atoms. The molecule has 0 heterocycles. The third kappa shape index (κ3) is 6.28. The zero-order valence-electron chi connectivity index (χ0n) is 17.3. The largest absolute Gasteiger partial charge is 0.491 e. The summed E-state index contributed by atoms with van der Waals surface area (Å²) in [6, 6.07) is 0.467. The number of benzene rings is 2. The first-order chi connectivity index (χ1) is 17.1. The number of carbonyl (C=O) groups excluding carboxylic acids is 3. The Morgan fingerprint density at radius 2 is 1.29 bits per heavy atom. The Morgan fingerprint density at radius 1 is 0.789 bits per heavy atom. The van der Waals surface area contributed by atoms with Crippen molar-refractivity contribution >= 4 is 34.4 Å². The van der Waals surface area contributed by atoms with E-state index in [2.05, 4.69) is 4.74 Å². The lowest BCUT2D eigenvalue weighted by Gasteiger charge is -2.25. The van der Waals surface area contributed by atoms with Gasteiger partial charge >= 0.3 is 30.4 Å². The van der Waals surface area contributed by atoms with Crippen LogP contribution in [0.1, 0.15) is 21.5 Å². The summed E-state index contributed by atoms with van der Waals surface area (Å²) in [6.45, 7) is -2.17.